The molecule has 4 heteroatoms. The van der Waals surface area contributed by atoms with Crippen LogP contribution < -0.4 is 0 Å². The van der Waals surface area contributed by atoms with Crippen LogP contribution in [0.5, 0.6) is 0 Å². The minimum Gasteiger partial charge on any atom is -0.283 e. The Morgan fingerprint density at radius 2 is 1.76 bits per heavy atom. The highest BCUT2D eigenvalue weighted by Crippen LogP contribution is 2.21. The number of fused-ring (bicyclic) bond motifs is 5. The summed E-state index contributed by atoms with van der Waals surface area (Å²) < 4.78 is 1.95. The van der Waals surface area contributed by atoms with Crippen molar-refractivity contribution in [3.63, 3.8) is 0 Å². The lowest BCUT2D eigenvalue weighted by atomic mass is 10.2. The molecule has 0 aliphatic carbocycles. The summed E-state index contributed by atoms with van der Waals surface area (Å²) in [6.45, 7) is 0. The highest BCUT2D eigenvalue weighted by molar-refractivity contribution is 6.01. The second-order valence-corrected chi connectivity index (χ2v) is 3.93. The summed E-state index contributed by atoms with van der Waals surface area (Å²) in [5.41, 5.74) is 3.48. The van der Waals surface area contributed by atoms with E-state index in [9.17, 15) is 0 Å². The van der Waals surface area contributed by atoms with E-state index >= 15 is 0 Å². The van der Waals surface area contributed by atoms with Gasteiger partial charge in [-0.05, 0) is 18.2 Å². The van der Waals surface area contributed by atoms with Gasteiger partial charge >= 0.3 is 0 Å². The van der Waals surface area contributed by atoms with Crippen LogP contribution in [0.25, 0.3) is 27.7 Å². The lowest BCUT2D eigenvalue weighted by Gasteiger charge is -1.96. The molecule has 0 unspecified atom stereocenters. The van der Waals surface area contributed by atoms with Gasteiger partial charge in [-0.1, -0.05) is 24.3 Å². The van der Waals surface area contributed by atoms with Crippen molar-refractivity contribution in [2.45, 2.75) is 0 Å². The maximum Gasteiger partial charge on any atom is 0.187 e. The third kappa shape index (κ3) is 1.09. The quantitative estimate of drug-likeness (QED) is 0.457. The molecule has 0 spiro atoms. The van der Waals surface area contributed by atoms with Gasteiger partial charge in [-0.2, -0.15) is 0 Å². The Labute approximate surface area is 96.5 Å². The van der Waals surface area contributed by atoms with E-state index in [1.165, 1.54) is 0 Å². The smallest absolute Gasteiger partial charge is 0.187 e. The minimum atomic E-state index is 0.805. The number of imidazole rings is 1. The zero-order chi connectivity index (χ0) is 11.2. The molecular formula is C13H8N4. The zero-order valence-corrected chi connectivity index (χ0v) is 8.91. The van der Waals surface area contributed by atoms with Gasteiger partial charge in [0.05, 0.1) is 5.52 Å². The molecule has 0 saturated carbocycles. The number of rotatable bonds is 0. The van der Waals surface area contributed by atoms with Crippen LogP contribution in [0.2, 0.25) is 0 Å². The number of aromatic nitrogens is 4. The van der Waals surface area contributed by atoms with Crippen molar-refractivity contribution < 1.29 is 0 Å². The molecule has 3 heterocycles. The molecule has 0 N–H and O–H groups in total. The van der Waals surface area contributed by atoms with E-state index in [0.717, 1.165) is 27.7 Å². The summed E-state index contributed by atoms with van der Waals surface area (Å²) in [7, 11) is 0. The standard InChI is InChI=1S/C13H8N4/c1-2-6-10-9(5-1)12-13(16-15-10)17-8-4-3-7-11(17)14-12/h1-8H. The van der Waals surface area contributed by atoms with E-state index in [1.807, 2.05) is 53.1 Å². The van der Waals surface area contributed by atoms with Gasteiger partial charge in [-0.15, -0.1) is 10.2 Å². The number of benzene rings is 1. The fourth-order valence-corrected chi connectivity index (χ4v) is 2.12. The predicted molar refractivity (Wildman–Crippen MR) is 65.8 cm³/mol. The first-order valence-corrected chi connectivity index (χ1v) is 5.42. The van der Waals surface area contributed by atoms with Crippen LogP contribution in [0, 0.1) is 0 Å². The molecule has 0 atom stereocenters. The second kappa shape index (κ2) is 3.01. The van der Waals surface area contributed by atoms with E-state index in [0.29, 0.717) is 0 Å². The monoisotopic (exact) mass is 220 g/mol. The van der Waals surface area contributed by atoms with Crippen LogP contribution >= 0.6 is 0 Å². The fraction of sp³-hybridized carbons (Fsp3) is 0. The Balaban J connectivity index is 2.34. The van der Waals surface area contributed by atoms with Crippen LogP contribution in [0.3, 0.4) is 0 Å². The normalized spacial score (nSPS) is 11.5. The average Bonchev–Trinajstić information content (AvgIpc) is 2.78. The van der Waals surface area contributed by atoms with E-state index < -0.39 is 0 Å². The molecule has 3 aromatic heterocycles. The van der Waals surface area contributed by atoms with E-state index in [4.69, 9.17) is 0 Å². The molecule has 0 amide bonds. The molecule has 0 saturated heterocycles. The first-order chi connectivity index (χ1) is 8.43. The highest BCUT2D eigenvalue weighted by Gasteiger charge is 2.09. The van der Waals surface area contributed by atoms with Gasteiger partial charge in [0, 0.05) is 11.6 Å². The molecule has 0 aliphatic rings. The molecule has 4 nitrogen and oxygen atoms in total. The van der Waals surface area contributed by atoms with Crippen LogP contribution in [0.4, 0.5) is 0 Å². The Morgan fingerprint density at radius 3 is 2.76 bits per heavy atom. The van der Waals surface area contributed by atoms with Crippen molar-refractivity contribution >= 4 is 27.7 Å². The second-order valence-electron chi connectivity index (χ2n) is 3.93. The zero-order valence-electron chi connectivity index (χ0n) is 8.91. The maximum atomic E-state index is 4.60. The molecular weight excluding hydrogens is 212 g/mol. The lowest BCUT2D eigenvalue weighted by Crippen LogP contribution is -1.89. The molecule has 0 radical (unpaired) electrons. The van der Waals surface area contributed by atoms with Gasteiger partial charge in [0.2, 0.25) is 0 Å². The average molecular weight is 220 g/mol. The Kier molecular flexibility index (Phi) is 1.53. The summed E-state index contributed by atoms with van der Waals surface area (Å²) >= 11 is 0. The largest absolute Gasteiger partial charge is 0.283 e. The SMILES string of the molecule is c1ccc2c(c1)nnc1c2nc2ccccn21. The molecule has 0 bridgehead atoms. The molecule has 80 valence electrons. The Morgan fingerprint density at radius 1 is 0.882 bits per heavy atom. The molecule has 17 heavy (non-hydrogen) atoms. The van der Waals surface area contributed by atoms with Gasteiger partial charge in [-0.25, -0.2) is 4.98 Å². The number of pyridine rings is 1. The predicted octanol–water partition coefficient (Wildman–Crippen LogP) is 2.43. The summed E-state index contributed by atoms with van der Waals surface area (Å²) in [4.78, 5) is 4.60. The fourth-order valence-electron chi connectivity index (χ4n) is 2.12. The molecule has 4 aromatic rings. The Hall–Kier alpha value is -2.49. The van der Waals surface area contributed by atoms with E-state index in [1.54, 1.807) is 0 Å². The van der Waals surface area contributed by atoms with Crippen molar-refractivity contribution in [3.8, 4) is 0 Å². The minimum absolute atomic E-state index is 0.805. The van der Waals surface area contributed by atoms with Crippen molar-refractivity contribution in [1.29, 1.82) is 0 Å². The van der Waals surface area contributed by atoms with Crippen molar-refractivity contribution in [1.82, 2.24) is 19.6 Å². The number of nitrogens with zero attached hydrogens (tertiary/aromatic N) is 4. The van der Waals surface area contributed by atoms with Gasteiger partial charge in [0.1, 0.15) is 11.2 Å². The van der Waals surface area contributed by atoms with E-state index in [2.05, 4.69) is 15.2 Å². The third-order valence-electron chi connectivity index (χ3n) is 2.92. The molecule has 1 aromatic carbocycles. The van der Waals surface area contributed by atoms with Crippen LogP contribution in [-0.4, -0.2) is 19.6 Å². The van der Waals surface area contributed by atoms with Crippen molar-refractivity contribution in [2.24, 2.45) is 0 Å². The molecule has 0 fully saturated rings. The lowest BCUT2D eigenvalue weighted by molar-refractivity contribution is 1.07. The first-order valence-electron chi connectivity index (χ1n) is 5.42. The van der Waals surface area contributed by atoms with Gasteiger partial charge in [0.15, 0.2) is 5.65 Å². The molecule has 0 aliphatic heterocycles. The summed E-state index contributed by atoms with van der Waals surface area (Å²) in [6.07, 6.45) is 1.95. The summed E-state index contributed by atoms with van der Waals surface area (Å²) in [5.74, 6) is 0. The van der Waals surface area contributed by atoms with Crippen molar-refractivity contribution in [2.75, 3.05) is 0 Å². The number of hydrogen-bond acceptors (Lipinski definition) is 3. The Bertz CT molecular complexity index is 848. The van der Waals surface area contributed by atoms with Crippen molar-refractivity contribution in [3.05, 3.63) is 48.7 Å². The topological polar surface area (TPSA) is 43.1 Å². The van der Waals surface area contributed by atoms with Crippen LogP contribution in [-0.2, 0) is 0 Å². The van der Waals surface area contributed by atoms with Gasteiger partial charge < -0.3 is 0 Å². The maximum absolute atomic E-state index is 4.60. The summed E-state index contributed by atoms with van der Waals surface area (Å²) in [6, 6.07) is 13.8. The van der Waals surface area contributed by atoms with Gasteiger partial charge in [-0.3, -0.25) is 4.40 Å². The third-order valence-corrected chi connectivity index (χ3v) is 2.92. The highest BCUT2D eigenvalue weighted by atomic mass is 15.2. The summed E-state index contributed by atoms with van der Waals surface area (Å²) in [5, 5.41) is 9.51. The van der Waals surface area contributed by atoms with Crippen LogP contribution in [0.15, 0.2) is 48.7 Å². The van der Waals surface area contributed by atoms with E-state index in [-0.39, 0.29) is 0 Å². The van der Waals surface area contributed by atoms with Crippen LogP contribution in [0.1, 0.15) is 0 Å². The van der Waals surface area contributed by atoms with Gasteiger partial charge in [0.25, 0.3) is 0 Å². The number of hydrogen-bond donors (Lipinski definition) is 0. The molecule has 4 rings (SSSR count). The first kappa shape index (κ1) is 8.64.